The summed E-state index contributed by atoms with van der Waals surface area (Å²) in [6, 6.07) is 0. The fourth-order valence-electron chi connectivity index (χ4n) is 0.289. The summed E-state index contributed by atoms with van der Waals surface area (Å²) in [6.45, 7) is 6.74. The minimum absolute atomic E-state index is 0. The zero-order valence-corrected chi connectivity index (χ0v) is 11.2. The molecule has 0 bridgehead atoms. The van der Waals surface area contributed by atoms with Crippen LogP contribution in [0.4, 0.5) is 0 Å². The second-order valence-corrected chi connectivity index (χ2v) is 2.59. The van der Waals surface area contributed by atoms with E-state index in [-0.39, 0.29) is 19.5 Å². The van der Waals surface area contributed by atoms with Crippen LogP contribution in [0.1, 0.15) is 33.6 Å². The molecule has 0 aromatic rings. The van der Waals surface area contributed by atoms with Crippen molar-refractivity contribution < 1.29 is 33.8 Å². The topological polar surface area (TPSA) is 63.2 Å². The van der Waals surface area contributed by atoms with Gasteiger partial charge in [-0.3, -0.25) is 0 Å². The van der Waals surface area contributed by atoms with E-state index in [1.807, 2.05) is 0 Å². The summed E-state index contributed by atoms with van der Waals surface area (Å²) in [5.41, 5.74) is 0. The van der Waals surface area contributed by atoms with E-state index >= 15 is 0 Å². The van der Waals surface area contributed by atoms with Crippen LogP contribution in [0.3, 0.4) is 0 Å². The molecule has 0 rings (SSSR count). The molecule has 0 N–H and O–H groups in total. The van der Waals surface area contributed by atoms with E-state index < -0.39 is 8.25 Å². The van der Waals surface area contributed by atoms with Gasteiger partial charge in [0.25, 0.3) is 8.25 Å². The summed E-state index contributed by atoms with van der Waals surface area (Å²) in [4.78, 5) is 17.0. The molecule has 0 heterocycles. The molecule has 0 unspecified atom stereocenters. The van der Waals surface area contributed by atoms with Gasteiger partial charge >= 0.3 is 19.5 Å². The van der Waals surface area contributed by atoms with E-state index in [0.717, 1.165) is 5.92 Å². The Labute approximate surface area is 81.9 Å². The van der Waals surface area contributed by atoms with Crippen molar-refractivity contribution in [3.05, 3.63) is 0 Å². The Morgan fingerprint density at radius 2 is 1.45 bits per heavy atom. The number of rotatable bonds is 2. The molecule has 0 aliphatic heterocycles. The van der Waals surface area contributed by atoms with Gasteiger partial charge in [-0.15, -0.1) is 0 Å². The Balaban J connectivity index is -0.000000114. The molecule has 5 heteroatoms. The van der Waals surface area contributed by atoms with Crippen molar-refractivity contribution in [2.75, 3.05) is 0 Å². The average molecular weight is 231 g/mol. The van der Waals surface area contributed by atoms with Gasteiger partial charge in [-0.25, -0.2) is 0 Å². The van der Waals surface area contributed by atoms with Crippen molar-refractivity contribution in [2.45, 2.75) is 33.6 Å². The molecular weight excluding hydrogens is 216 g/mol. The molecule has 3 nitrogen and oxygen atoms in total. The summed E-state index contributed by atoms with van der Waals surface area (Å²) in [6.07, 6.45) is 2.66. The maximum atomic E-state index is 8.48. The fraction of sp³-hybridized carbons (Fsp3) is 1.00. The normalized spacial score (nSPS) is 7.82. The zero-order valence-electron chi connectivity index (χ0n) is 7.37. The Bertz CT molecular complexity index is 81.9. The number of hydrogen-bond acceptors (Lipinski definition) is 3. The van der Waals surface area contributed by atoms with Crippen molar-refractivity contribution in [1.82, 2.24) is 0 Å². The molecule has 0 amide bonds. The maximum absolute atomic E-state index is 8.48. The van der Waals surface area contributed by atoms with Crippen molar-refractivity contribution in [2.24, 2.45) is 5.92 Å². The molecule has 0 spiro atoms. The van der Waals surface area contributed by atoms with Crippen molar-refractivity contribution in [1.29, 1.82) is 0 Å². The van der Waals surface area contributed by atoms with Crippen LogP contribution in [0.15, 0.2) is 0 Å². The van der Waals surface area contributed by atoms with Crippen molar-refractivity contribution in [3.63, 3.8) is 0 Å². The minimum Gasteiger partial charge on any atom is -0.598 e. The van der Waals surface area contributed by atoms with Gasteiger partial charge in [0.1, 0.15) is 0 Å². The fourth-order valence-corrected chi connectivity index (χ4v) is 0.289. The van der Waals surface area contributed by atoms with Crippen LogP contribution in [0.25, 0.3) is 0 Å². The van der Waals surface area contributed by atoms with Gasteiger partial charge in [0.2, 0.25) is 0 Å². The number of hydrogen-bond donors (Lipinski definition) is 0. The molecule has 0 aliphatic carbocycles. The van der Waals surface area contributed by atoms with Crippen LogP contribution < -0.4 is 9.79 Å². The van der Waals surface area contributed by atoms with Crippen LogP contribution in [-0.4, -0.2) is 0 Å². The predicted octanol–water partition coefficient (Wildman–Crippen LogP) is 0.804. The van der Waals surface area contributed by atoms with E-state index in [1.54, 1.807) is 0 Å². The van der Waals surface area contributed by atoms with E-state index in [4.69, 9.17) is 14.4 Å². The SMILES string of the molecule is CCC(C)CC.O=[P+]([O-])[O-].[Zn+2]. The standard InChI is InChI=1S/C6H14.HO3P.Zn/c1-4-6(3)5-2;1-4(2)3;/h6H,4-5H2,1-3H3;(H,1,2,3);/q;;+2/p-1. The van der Waals surface area contributed by atoms with Crippen LogP contribution in [0.2, 0.25) is 0 Å². The first kappa shape index (κ1) is 17.7. The molecule has 0 aromatic carbocycles. The van der Waals surface area contributed by atoms with E-state index in [9.17, 15) is 0 Å². The average Bonchev–Trinajstić information content (AvgIpc) is 1.85. The molecule has 0 saturated heterocycles. The molecule has 0 radical (unpaired) electrons. The summed E-state index contributed by atoms with van der Waals surface area (Å²) in [5, 5.41) is 0. The van der Waals surface area contributed by atoms with Crippen LogP contribution in [-0.2, 0) is 24.0 Å². The molecule has 0 aliphatic rings. The van der Waals surface area contributed by atoms with E-state index in [0.29, 0.717) is 0 Å². The first-order valence-corrected chi connectivity index (χ1v) is 4.45. The third-order valence-electron chi connectivity index (χ3n) is 1.39. The van der Waals surface area contributed by atoms with E-state index in [1.165, 1.54) is 12.8 Å². The van der Waals surface area contributed by atoms with Gasteiger partial charge in [0.15, 0.2) is 0 Å². The van der Waals surface area contributed by atoms with Gasteiger partial charge in [-0.2, -0.15) is 0 Å². The zero-order chi connectivity index (χ0) is 8.57. The smallest absolute Gasteiger partial charge is 0.598 e. The summed E-state index contributed by atoms with van der Waals surface area (Å²) < 4.78 is 8.48. The molecule has 0 aromatic heterocycles. The van der Waals surface area contributed by atoms with Crippen molar-refractivity contribution >= 4 is 8.25 Å². The monoisotopic (exact) mass is 229 g/mol. The van der Waals surface area contributed by atoms with Gasteiger partial charge in [0.05, 0.1) is 0 Å². The molecule has 62 valence electrons. The van der Waals surface area contributed by atoms with Gasteiger partial charge in [0, 0.05) is 0 Å². The second kappa shape index (κ2) is 13.2. The first-order valence-electron chi connectivity index (χ1n) is 3.36. The van der Waals surface area contributed by atoms with Gasteiger partial charge in [-0.05, 0) is 5.92 Å². The molecular formula is C6H14O3PZn+. The third-order valence-corrected chi connectivity index (χ3v) is 1.39. The Morgan fingerprint density at radius 3 is 1.45 bits per heavy atom. The largest absolute Gasteiger partial charge is 2.00 e. The predicted molar refractivity (Wildman–Crippen MR) is 37.4 cm³/mol. The molecule has 0 fully saturated rings. The minimum atomic E-state index is -3.37. The van der Waals surface area contributed by atoms with Crippen LogP contribution in [0, 0.1) is 5.92 Å². The second-order valence-electron chi connectivity index (χ2n) is 2.15. The summed E-state index contributed by atoms with van der Waals surface area (Å²) >= 11 is 0. The third kappa shape index (κ3) is 36.9. The van der Waals surface area contributed by atoms with Gasteiger partial charge < -0.3 is 9.79 Å². The Kier molecular flexibility index (Phi) is 21.3. The quantitative estimate of drug-likeness (QED) is 0.521. The summed E-state index contributed by atoms with van der Waals surface area (Å²) in [5.74, 6) is 0.935. The molecule has 0 atom stereocenters. The van der Waals surface area contributed by atoms with Crippen LogP contribution in [0.5, 0.6) is 0 Å². The Morgan fingerprint density at radius 1 is 1.27 bits per heavy atom. The Hall–Kier alpha value is 0.643. The first-order chi connectivity index (χ1) is 4.54. The van der Waals surface area contributed by atoms with Crippen LogP contribution >= 0.6 is 8.25 Å². The summed E-state index contributed by atoms with van der Waals surface area (Å²) in [7, 11) is -3.37. The van der Waals surface area contributed by atoms with Gasteiger partial charge in [-0.1, -0.05) is 38.2 Å². The molecule has 11 heavy (non-hydrogen) atoms. The molecule has 0 saturated carbocycles. The maximum Gasteiger partial charge on any atom is 2.00 e. The van der Waals surface area contributed by atoms with E-state index in [2.05, 4.69) is 20.8 Å². The van der Waals surface area contributed by atoms with Crippen molar-refractivity contribution in [3.8, 4) is 0 Å².